The molecule has 2 unspecified atom stereocenters. The molecule has 2 atom stereocenters. The van der Waals surface area contributed by atoms with E-state index in [0.29, 0.717) is 5.92 Å². The van der Waals surface area contributed by atoms with Crippen LogP contribution in [0.3, 0.4) is 0 Å². The molecule has 0 aliphatic carbocycles. The number of alkyl halides is 3. The van der Waals surface area contributed by atoms with Gasteiger partial charge < -0.3 is 10.2 Å². The Hall–Kier alpha value is -1.28. The van der Waals surface area contributed by atoms with Gasteiger partial charge in [0.1, 0.15) is 6.04 Å². The molecule has 4 rings (SSSR count). The molecule has 3 saturated heterocycles. The summed E-state index contributed by atoms with van der Waals surface area (Å²) in [5, 5.41) is 6.05. The molecule has 4 heterocycles. The molecule has 1 aromatic rings. The van der Waals surface area contributed by atoms with Crippen LogP contribution in [0, 0.1) is 12.8 Å². The van der Waals surface area contributed by atoms with E-state index in [4.69, 9.17) is 11.6 Å². The molecular formula is C15H20ClF3N4O. The summed E-state index contributed by atoms with van der Waals surface area (Å²) < 4.78 is 39.8. The van der Waals surface area contributed by atoms with Gasteiger partial charge in [-0.3, -0.25) is 9.48 Å². The number of halogens is 4. The predicted octanol–water partition coefficient (Wildman–Crippen LogP) is 2.64. The molecule has 24 heavy (non-hydrogen) atoms. The number of nitrogens with one attached hydrogen (secondary N) is 1. The first-order valence-corrected chi connectivity index (χ1v) is 8.40. The van der Waals surface area contributed by atoms with Gasteiger partial charge in [0.25, 0.3) is 0 Å². The number of hydrogen-bond acceptors (Lipinski definition) is 3. The van der Waals surface area contributed by atoms with Crippen LogP contribution in [0.5, 0.6) is 0 Å². The highest BCUT2D eigenvalue weighted by Crippen LogP contribution is 2.36. The molecule has 0 saturated carbocycles. The molecule has 1 amide bonds. The average Bonchev–Trinajstić information content (AvgIpc) is 2.83. The normalized spacial score (nSPS) is 28.0. The summed E-state index contributed by atoms with van der Waals surface area (Å²) in [6.45, 7) is 5.87. The smallest absolute Gasteiger partial charge is 0.350 e. The Labute approximate surface area is 143 Å². The van der Waals surface area contributed by atoms with E-state index in [1.54, 1.807) is 0 Å². The summed E-state index contributed by atoms with van der Waals surface area (Å²) in [5.74, 6) is 0.115. The van der Waals surface area contributed by atoms with Crippen molar-refractivity contribution in [2.24, 2.45) is 5.92 Å². The number of nitrogens with zero attached hydrogens (tertiary/aromatic N) is 3. The number of amides is 1. The van der Waals surface area contributed by atoms with Gasteiger partial charge >= 0.3 is 6.18 Å². The van der Waals surface area contributed by atoms with Crippen LogP contribution in [0.1, 0.15) is 37.2 Å². The minimum atomic E-state index is -4.64. The summed E-state index contributed by atoms with van der Waals surface area (Å²) in [7, 11) is 0. The largest absolute Gasteiger partial charge is 0.436 e. The third kappa shape index (κ3) is 3.13. The molecule has 0 radical (unpaired) electrons. The van der Waals surface area contributed by atoms with Gasteiger partial charge in [0.05, 0.1) is 10.7 Å². The highest BCUT2D eigenvalue weighted by molar-refractivity contribution is 6.32. The first-order chi connectivity index (χ1) is 11.2. The van der Waals surface area contributed by atoms with E-state index in [1.807, 2.05) is 0 Å². The number of aromatic nitrogens is 2. The Balaban J connectivity index is 1.74. The van der Waals surface area contributed by atoms with Crippen molar-refractivity contribution in [3.8, 4) is 0 Å². The summed E-state index contributed by atoms with van der Waals surface area (Å²) >= 11 is 5.75. The van der Waals surface area contributed by atoms with E-state index >= 15 is 0 Å². The van der Waals surface area contributed by atoms with Crippen molar-refractivity contribution in [3.05, 3.63) is 16.4 Å². The van der Waals surface area contributed by atoms with E-state index in [-0.39, 0.29) is 17.6 Å². The molecule has 3 fully saturated rings. The molecule has 0 spiro atoms. The second kappa shape index (κ2) is 6.22. The van der Waals surface area contributed by atoms with E-state index in [1.165, 1.54) is 13.8 Å². The van der Waals surface area contributed by atoms with Gasteiger partial charge in [-0.05, 0) is 45.7 Å². The SMILES string of the molecule is Cc1c(Cl)c(C(F)(F)F)nn1C(C)C(=O)NC1CN2CCC1CC2. The van der Waals surface area contributed by atoms with Crippen molar-refractivity contribution >= 4 is 17.5 Å². The van der Waals surface area contributed by atoms with Crippen molar-refractivity contribution < 1.29 is 18.0 Å². The summed E-state index contributed by atoms with van der Waals surface area (Å²) in [6.07, 6.45) is -2.55. The van der Waals surface area contributed by atoms with Gasteiger partial charge in [0.15, 0.2) is 5.69 Å². The first kappa shape index (κ1) is 17.5. The van der Waals surface area contributed by atoms with E-state index in [0.717, 1.165) is 37.2 Å². The lowest BCUT2D eigenvalue weighted by Crippen LogP contribution is -2.58. The van der Waals surface area contributed by atoms with Gasteiger partial charge in [0.2, 0.25) is 5.91 Å². The number of fused-ring (bicyclic) bond motifs is 3. The summed E-state index contributed by atoms with van der Waals surface area (Å²) in [4.78, 5) is 14.8. The predicted molar refractivity (Wildman–Crippen MR) is 82.8 cm³/mol. The minimum Gasteiger partial charge on any atom is -0.350 e. The Morgan fingerprint density at radius 3 is 2.46 bits per heavy atom. The molecule has 5 nitrogen and oxygen atoms in total. The number of piperidine rings is 3. The number of carbonyl (C=O) groups excluding carboxylic acids is 1. The monoisotopic (exact) mass is 364 g/mol. The second-order valence-electron chi connectivity index (χ2n) is 6.62. The quantitative estimate of drug-likeness (QED) is 0.897. The Bertz CT molecular complexity index is 637. The molecular weight excluding hydrogens is 345 g/mol. The van der Waals surface area contributed by atoms with Gasteiger partial charge in [-0.1, -0.05) is 11.6 Å². The fraction of sp³-hybridized carbons (Fsp3) is 0.733. The van der Waals surface area contributed by atoms with Crippen molar-refractivity contribution in [2.75, 3.05) is 19.6 Å². The maximum Gasteiger partial charge on any atom is 0.436 e. The van der Waals surface area contributed by atoms with Gasteiger partial charge in [0, 0.05) is 12.6 Å². The van der Waals surface area contributed by atoms with Crippen LogP contribution in [0.15, 0.2) is 0 Å². The third-order valence-corrected chi connectivity index (χ3v) is 5.53. The highest BCUT2D eigenvalue weighted by Gasteiger charge is 2.40. The van der Waals surface area contributed by atoms with Crippen LogP contribution >= 0.6 is 11.6 Å². The summed E-state index contributed by atoms with van der Waals surface area (Å²) in [6, 6.07) is -0.801. The fourth-order valence-corrected chi connectivity index (χ4v) is 3.83. The number of rotatable bonds is 3. The zero-order valence-electron chi connectivity index (χ0n) is 13.5. The molecule has 134 valence electrons. The maximum atomic E-state index is 12.9. The fourth-order valence-electron chi connectivity index (χ4n) is 3.60. The molecule has 9 heteroatoms. The Morgan fingerprint density at radius 1 is 1.38 bits per heavy atom. The molecule has 0 aromatic carbocycles. The molecule has 3 aliphatic rings. The molecule has 2 bridgehead atoms. The van der Waals surface area contributed by atoms with E-state index in [9.17, 15) is 18.0 Å². The first-order valence-electron chi connectivity index (χ1n) is 8.03. The number of hydrogen-bond donors (Lipinski definition) is 1. The van der Waals surface area contributed by atoms with Crippen LogP contribution in [0.2, 0.25) is 5.02 Å². The van der Waals surface area contributed by atoms with Crippen LogP contribution in [0.25, 0.3) is 0 Å². The average molecular weight is 365 g/mol. The lowest BCUT2D eigenvalue weighted by Gasteiger charge is -2.45. The molecule has 3 aliphatic heterocycles. The number of carbonyl (C=O) groups is 1. The van der Waals surface area contributed by atoms with Crippen LogP contribution in [-0.4, -0.2) is 46.3 Å². The van der Waals surface area contributed by atoms with Gasteiger partial charge in [-0.25, -0.2) is 0 Å². The van der Waals surface area contributed by atoms with E-state index in [2.05, 4.69) is 15.3 Å². The zero-order valence-corrected chi connectivity index (χ0v) is 14.3. The van der Waals surface area contributed by atoms with Crippen molar-refractivity contribution in [1.82, 2.24) is 20.0 Å². The van der Waals surface area contributed by atoms with Crippen LogP contribution in [-0.2, 0) is 11.0 Å². The van der Waals surface area contributed by atoms with Crippen LogP contribution < -0.4 is 5.32 Å². The van der Waals surface area contributed by atoms with Gasteiger partial charge in [-0.15, -0.1) is 0 Å². The minimum absolute atomic E-state index is 0.0517. The Morgan fingerprint density at radius 2 is 2.00 bits per heavy atom. The molecule has 1 aromatic heterocycles. The third-order valence-electron chi connectivity index (χ3n) is 5.08. The van der Waals surface area contributed by atoms with E-state index < -0.39 is 22.9 Å². The maximum absolute atomic E-state index is 12.9. The lowest BCUT2D eigenvalue weighted by molar-refractivity contribution is -0.142. The van der Waals surface area contributed by atoms with Gasteiger partial charge in [-0.2, -0.15) is 18.3 Å². The lowest BCUT2D eigenvalue weighted by atomic mass is 9.84. The Kier molecular flexibility index (Phi) is 4.55. The second-order valence-corrected chi connectivity index (χ2v) is 7.00. The highest BCUT2D eigenvalue weighted by atomic mass is 35.5. The zero-order chi connectivity index (χ0) is 17.6. The standard InChI is InChI=1S/C15H20ClF3N4O/c1-8-12(16)13(15(17,18)19)21-23(8)9(2)14(24)20-11-7-22-5-3-10(11)4-6-22/h9-11H,3-7H2,1-2H3,(H,20,24). The molecule has 1 N–H and O–H groups in total. The van der Waals surface area contributed by atoms with Crippen molar-refractivity contribution in [1.29, 1.82) is 0 Å². The van der Waals surface area contributed by atoms with Crippen molar-refractivity contribution in [3.63, 3.8) is 0 Å². The summed E-state index contributed by atoms with van der Waals surface area (Å²) in [5.41, 5.74) is -1.01. The van der Waals surface area contributed by atoms with Crippen molar-refractivity contribution in [2.45, 2.75) is 44.9 Å². The topological polar surface area (TPSA) is 50.2 Å². The van der Waals surface area contributed by atoms with Crippen LogP contribution in [0.4, 0.5) is 13.2 Å².